The van der Waals surface area contributed by atoms with E-state index in [0.717, 1.165) is 0 Å². The third kappa shape index (κ3) is 0.767. The van der Waals surface area contributed by atoms with Crippen molar-refractivity contribution in [3.63, 3.8) is 0 Å². The van der Waals surface area contributed by atoms with Crippen LogP contribution in [0.4, 0.5) is 0 Å². The summed E-state index contributed by atoms with van der Waals surface area (Å²) in [5.74, 6) is -0.986. The van der Waals surface area contributed by atoms with Crippen LogP contribution in [0.2, 0.25) is 0 Å². The Bertz CT molecular complexity index is 171. The predicted molar refractivity (Wildman–Crippen MR) is 33.4 cm³/mol. The molecule has 1 heterocycles. The third-order valence-corrected chi connectivity index (χ3v) is 1.80. The summed E-state index contributed by atoms with van der Waals surface area (Å²) in [5, 5.41) is 11.2. The highest BCUT2D eigenvalue weighted by molar-refractivity contribution is 5.92. The normalized spacial score (nSPS) is 23.8. The van der Waals surface area contributed by atoms with Crippen LogP contribution in [0.3, 0.4) is 0 Å². The first-order chi connectivity index (χ1) is 4.61. The molecule has 4 heteroatoms. The second kappa shape index (κ2) is 2.14. The summed E-state index contributed by atoms with van der Waals surface area (Å²) < 4.78 is -1.24. The summed E-state index contributed by atoms with van der Waals surface area (Å²) in [6.45, 7) is 1.59. The number of hydroxylamine groups is 3. The quantitative estimate of drug-likeness (QED) is 0.298. The molecule has 0 aliphatic carbocycles. The minimum Gasteiger partial charge on any atom is -0.618 e. The molecule has 0 atom stereocenters. The maximum atomic E-state index is 11.2. The molecule has 1 fully saturated rings. The number of carbonyl (C=O) groups excluding carboxylic acids is 2. The minimum absolute atomic E-state index is 0.0394. The van der Waals surface area contributed by atoms with Gasteiger partial charge in [0.05, 0.1) is 19.4 Å². The van der Waals surface area contributed by atoms with Gasteiger partial charge in [-0.1, -0.05) is 0 Å². The van der Waals surface area contributed by atoms with Gasteiger partial charge in [-0.3, -0.25) is 0 Å². The fourth-order valence-corrected chi connectivity index (χ4v) is 1.07. The molecule has 0 aromatic rings. The van der Waals surface area contributed by atoms with Gasteiger partial charge in [0.1, 0.15) is 0 Å². The van der Waals surface area contributed by atoms with E-state index in [1.54, 1.807) is 6.92 Å². The van der Waals surface area contributed by atoms with Crippen molar-refractivity contribution in [2.75, 3.05) is 6.54 Å². The average Bonchev–Trinajstić information content (AvgIpc) is 2.18. The lowest BCUT2D eigenvalue weighted by Crippen LogP contribution is -2.46. The van der Waals surface area contributed by atoms with Gasteiger partial charge in [0.2, 0.25) is 0 Å². The molecule has 0 spiro atoms. The molecule has 4 nitrogen and oxygen atoms in total. The maximum absolute atomic E-state index is 11.2. The largest absolute Gasteiger partial charge is 0.618 e. The molecular formula is C6H9NO3. The van der Waals surface area contributed by atoms with Crippen LogP contribution in [-0.4, -0.2) is 23.0 Å². The standard InChI is InChI=1S/C6H9NO3/c1-2-7(10)5(8)3-4-6(7)9/h2-4H2,1H3. The topological polar surface area (TPSA) is 57.2 Å². The van der Waals surface area contributed by atoms with Crippen LogP contribution >= 0.6 is 0 Å². The van der Waals surface area contributed by atoms with E-state index in [2.05, 4.69) is 0 Å². The molecule has 10 heavy (non-hydrogen) atoms. The number of hydrogen-bond acceptors (Lipinski definition) is 3. The smallest absolute Gasteiger partial charge is 0.321 e. The second-order valence-corrected chi connectivity index (χ2v) is 2.34. The zero-order chi connectivity index (χ0) is 7.78. The van der Waals surface area contributed by atoms with Crippen LogP contribution in [0, 0.1) is 5.21 Å². The van der Waals surface area contributed by atoms with Gasteiger partial charge >= 0.3 is 11.8 Å². The van der Waals surface area contributed by atoms with Crippen LogP contribution in [0.5, 0.6) is 0 Å². The molecular weight excluding hydrogens is 134 g/mol. The Hall–Kier alpha value is -0.740. The van der Waals surface area contributed by atoms with Gasteiger partial charge in [0.15, 0.2) is 0 Å². The van der Waals surface area contributed by atoms with Gasteiger partial charge < -0.3 is 5.21 Å². The van der Waals surface area contributed by atoms with Crippen LogP contribution < -0.4 is 0 Å². The van der Waals surface area contributed by atoms with Crippen LogP contribution in [0.25, 0.3) is 0 Å². The van der Waals surface area contributed by atoms with E-state index in [1.165, 1.54) is 0 Å². The molecule has 2 amide bonds. The Kier molecular flexibility index (Phi) is 1.58. The first kappa shape index (κ1) is 7.37. The molecule has 0 unspecified atom stereocenters. The summed E-state index contributed by atoms with van der Waals surface area (Å²) in [5.41, 5.74) is 0. The fourth-order valence-electron chi connectivity index (χ4n) is 1.07. The van der Waals surface area contributed by atoms with Crippen molar-refractivity contribution in [2.24, 2.45) is 0 Å². The molecule has 56 valence electrons. The number of nitrogens with zero attached hydrogens (tertiary/aromatic N) is 1. The van der Waals surface area contributed by atoms with Crippen molar-refractivity contribution in [2.45, 2.75) is 19.8 Å². The van der Waals surface area contributed by atoms with E-state index in [0.29, 0.717) is 0 Å². The van der Waals surface area contributed by atoms with Gasteiger partial charge in [-0.05, 0) is 6.92 Å². The molecule has 0 aromatic carbocycles. The van der Waals surface area contributed by atoms with Crippen LogP contribution in [0.15, 0.2) is 0 Å². The Morgan fingerprint density at radius 1 is 1.40 bits per heavy atom. The summed E-state index contributed by atoms with van der Waals surface area (Å²) in [4.78, 5) is 21.6. The number of likely N-dealkylation sites (tertiary alicyclic amines) is 1. The zero-order valence-corrected chi connectivity index (χ0v) is 5.79. The van der Waals surface area contributed by atoms with E-state index in [-0.39, 0.29) is 19.4 Å². The van der Waals surface area contributed by atoms with Crippen molar-refractivity contribution in [1.82, 2.24) is 0 Å². The molecule has 0 radical (unpaired) electrons. The maximum Gasteiger partial charge on any atom is 0.321 e. The van der Waals surface area contributed by atoms with Gasteiger partial charge in [0.25, 0.3) is 0 Å². The van der Waals surface area contributed by atoms with E-state index >= 15 is 0 Å². The van der Waals surface area contributed by atoms with Crippen molar-refractivity contribution >= 4 is 11.8 Å². The minimum atomic E-state index is -1.24. The summed E-state index contributed by atoms with van der Waals surface area (Å²) in [6.07, 6.45) is 0.242. The van der Waals surface area contributed by atoms with Crippen molar-refractivity contribution in [3.8, 4) is 0 Å². The molecule has 1 rings (SSSR count). The molecule has 1 aliphatic heterocycles. The van der Waals surface area contributed by atoms with E-state index in [4.69, 9.17) is 0 Å². The molecule has 1 aliphatic rings. The SMILES string of the molecule is CC[N+]1([O-])C(=O)CCC1=O. The zero-order valence-electron chi connectivity index (χ0n) is 5.79. The Morgan fingerprint density at radius 2 is 1.80 bits per heavy atom. The number of imide groups is 1. The van der Waals surface area contributed by atoms with Crippen LogP contribution in [-0.2, 0) is 9.59 Å². The molecule has 1 saturated heterocycles. The number of amides is 2. The number of carbonyl (C=O) groups is 2. The highest BCUT2D eigenvalue weighted by atomic mass is 16.6. The Morgan fingerprint density at radius 3 is 2.00 bits per heavy atom. The second-order valence-electron chi connectivity index (χ2n) is 2.34. The lowest BCUT2D eigenvalue weighted by Gasteiger charge is -2.30. The average molecular weight is 143 g/mol. The Labute approximate surface area is 58.6 Å². The van der Waals surface area contributed by atoms with Crippen molar-refractivity contribution in [1.29, 1.82) is 0 Å². The number of quaternary nitrogens is 1. The van der Waals surface area contributed by atoms with Gasteiger partial charge in [-0.25, -0.2) is 14.2 Å². The lowest BCUT2D eigenvalue weighted by atomic mass is 10.4. The fraction of sp³-hybridized carbons (Fsp3) is 0.667. The summed E-state index contributed by atoms with van der Waals surface area (Å²) in [6, 6.07) is 0. The first-order valence-corrected chi connectivity index (χ1v) is 3.27. The highest BCUT2D eigenvalue weighted by Crippen LogP contribution is 2.19. The molecule has 0 saturated carbocycles. The number of hydrogen-bond donors (Lipinski definition) is 0. The first-order valence-electron chi connectivity index (χ1n) is 3.27. The van der Waals surface area contributed by atoms with Crippen LogP contribution in [0.1, 0.15) is 19.8 Å². The summed E-state index contributed by atoms with van der Waals surface area (Å²) in [7, 11) is 0. The third-order valence-electron chi connectivity index (χ3n) is 1.80. The predicted octanol–water partition coefficient (Wildman–Crippen LogP) is 0.168. The molecule has 0 aromatic heterocycles. The van der Waals surface area contributed by atoms with E-state index in [9.17, 15) is 14.8 Å². The molecule has 0 N–H and O–H groups in total. The van der Waals surface area contributed by atoms with Gasteiger partial charge in [0, 0.05) is 0 Å². The van der Waals surface area contributed by atoms with E-state index in [1.807, 2.05) is 0 Å². The van der Waals surface area contributed by atoms with Gasteiger partial charge in [-0.2, -0.15) is 0 Å². The van der Waals surface area contributed by atoms with E-state index < -0.39 is 16.5 Å². The lowest BCUT2D eigenvalue weighted by molar-refractivity contribution is -0.717. The monoisotopic (exact) mass is 143 g/mol. The molecule has 0 bridgehead atoms. The van der Waals surface area contributed by atoms with Gasteiger partial charge in [-0.15, -0.1) is 0 Å². The summed E-state index contributed by atoms with van der Waals surface area (Å²) >= 11 is 0. The number of rotatable bonds is 1. The Balaban J connectivity index is 2.90. The van der Waals surface area contributed by atoms with Crippen molar-refractivity contribution in [3.05, 3.63) is 5.21 Å². The highest BCUT2D eigenvalue weighted by Gasteiger charge is 2.40. The van der Waals surface area contributed by atoms with Crippen molar-refractivity contribution < 1.29 is 14.2 Å².